The lowest BCUT2D eigenvalue weighted by atomic mass is 9.93. The maximum absolute atomic E-state index is 9.27. The van der Waals surface area contributed by atoms with E-state index in [9.17, 15) is 5.11 Å². The Morgan fingerprint density at radius 2 is 1.95 bits per heavy atom. The highest BCUT2D eigenvalue weighted by Gasteiger charge is 2.23. The first-order valence-corrected chi connectivity index (χ1v) is 7.59. The standard InChI is InChI=1S/C15H25N3O/c1-17-5-2-12(3-6-17)9-15-16-10-14-8-13(11-19)4-7-18(14)15/h10,12-13,19H,2-9,11H2,1H3. The number of aliphatic hydroxyl groups excluding tert-OH is 1. The molecule has 2 aliphatic rings. The topological polar surface area (TPSA) is 41.3 Å². The number of imidazole rings is 1. The van der Waals surface area contributed by atoms with E-state index in [1.165, 1.54) is 37.4 Å². The zero-order valence-corrected chi connectivity index (χ0v) is 11.9. The summed E-state index contributed by atoms with van der Waals surface area (Å²) in [5.74, 6) is 2.53. The van der Waals surface area contributed by atoms with Crippen molar-refractivity contribution >= 4 is 0 Å². The molecule has 19 heavy (non-hydrogen) atoms. The largest absolute Gasteiger partial charge is 0.396 e. The smallest absolute Gasteiger partial charge is 0.109 e. The lowest BCUT2D eigenvalue weighted by Crippen LogP contribution is -2.31. The van der Waals surface area contributed by atoms with E-state index in [2.05, 4.69) is 21.5 Å². The molecular weight excluding hydrogens is 238 g/mol. The average molecular weight is 263 g/mol. The van der Waals surface area contributed by atoms with E-state index in [0.29, 0.717) is 12.5 Å². The summed E-state index contributed by atoms with van der Waals surface area (Å²) < 4.78 is 2.41. The van der Waals surface area contributed by atoms with Crippen molar-refractivity contribution in [3.05, 3.63) is 17.7 Å². The molecule has 2 aliphatic heterocycles. The number of rotatable bonds is 3. The third kappa shape index (κ3) is 2.84. The number of hydrogen-bond acceptors (Lipinski definition) is 3. The number of aliphatic hydroxyl groups is 1. The second kappa shape index (κ2) is 5.63. The van der Waals surface area contributed by atoms with Crippen LogP contribution in [0.4, 0.5) is 0 Å². The number of likely N-dealkylation sites (tertiary alicyclic amines) is 1. The molecule has 1 aromatic heterocycles. The minimum atomic E-state index is 0.315. The van der Waals surface area contributed by atoms with Crippen LogP contribution in [0.3, 0.4) is 0 Å². The van der Waals surface area contributed by atoms with Gasteiger partial charge in [-0.25, -0.2) is 4.98 Å². The molecule has 0 amide bonds. The van der Waals surface area contributed by atoms with Crippen molar-refractivity contribution in [1.29, 1.82) is 0 Å². The van der Waals surface area contributed by atoms with E-state index in [1.807, 2.05) is 6.20 Å². The fourth-order valence-electron chi connectivity index (χ4n) is 3.44. The van der Waals surface area contributed by atoms with E-state index in [1.54, 1.807) is 0 Å². The van der Waals surface area contributed by atoms with Crippen molar-refractivity contribution in [2.75, 3.05) is 26.7 Å². The first kappa shape index (κ1) is 13.1. The quantitative estimate of drug-likeness (QED) is 0.894. The highest BCUT2D eigenvalue weighted by Crippen LogP contribution is 2.25. The summed E-state index contributed by atoms with van der Waals surface area (Å²) in [5.41, 5.74) is 1.33. The fourth-order valence-corrected chi connectivity index (χ4v) is 3.44. The molecule has 0 spiro atoms. The average Bonchev–Trinajstić information content (AvgIpc) is 2.83. The summed E-state index contributed by atoms with van der Waals surface area (Å²) in [6, 6.07) is 0. The SMILES string of the molecule is CN1CCC(Cc2ncc3n2CCC(CO)C3)CC1. The third-order valence-corrected chi connectivity index (χ3v) is 4.85. The fraction of sp³-hybridized carbons (Fsp3) is 0.800. The monoisotopic (exact) mass is 263 g/mol. The normalized spacial score (nSPS) is 25.5. The zero-order chi connectivity index (χ0) is 13.2. The molecule has 1 aromatic rings. The van der Waals surface area contributed by atoms with Crippen LogP contribution < -0.4 is 0 Å². The summed E-state index contributed by atoms with van der Waals surface area (Å²) in [5, 5.41) is 9.27. The van der Waals surface area contributed by atoms with Crippen molar-refractivity contribution in [2.24, 2.45) is 11.8 Å². The van der Waals surface area contributed by atoms with Crippen LogP contribution in [0, 0.1) is 11.8 Å². The molecule has 3 rings (SSSR count). The van der Waals surface area contributed by atoms with Crippen LogP contribution in [0.15, 0.2) is 6.20 Å². The Bertz CT molecular complexity index is 421. The van der Waals surface area contributed by atoms with Crippen LogP contribution in [-0.4, -0.2) is 46.3 Å². The number of hydrogen-bond donors (Lipinski definition) is 1. The summed E-state index contributed by atoms with van der Waals surface area (Å²) in [6.45, 7) is 3.81. The highest BCUT2D eigenvalue weighted by atomic mass is 16.3. The molecule has 1 fully saturated rings. The van der Waals surface area contributed by atoms with Crippen molar-refractivity contribution in [2.45, 2.75) is 38.6 Å². The van der Waals surface area contributed by atoms with Crippen molar-refractivity contribution in [1.82, 2.24) is 14.5 Å². The van der Waals surface area contributed by atoms with Crippen LogP contribution in [0.25, 0.3) is 0 Å². The molecule has 4 heteroatoms. The lowest BCUT2D eigenvalue weighted by Gasteiger charge is -2.29. The molecule has 1 unspecified atom stereocenters. The van der Waals surface area contributed by atoms with Gasteiger partial charge >= 0.3 is 0 Å². The summed E-state index contributed by atoms with van der Waals surface area (Å²) in [4.78, 5) is 7.07. The summed E-state index contributed by atoms with van der Waals surface area (Å²) in [6.07, 6.45) is 7.87. The minimum Gasteiger partial charge on any atom is -0.396 e. The van der Waals surface area contributed by atoms with Gasteiger partial charge in [-0.3, -0.25) is 0 Å². The van der Waals surface area contributed by atoms with Crippen molar-refractivity contribution in [3.63, 3.8) is 0 Å². The van der Waals surface area contributed by atoms with E-state index >= 15 is 0 Å². The molecule has 1 saturated heterocycles. The molecular formula is C15H25N3O. The van der Waals surface area contributed by atoms with Crippen molar-refractivity contribution in [3.8, 4) is 0 Å². The predicted molar refractivity (Wildman–Crippen MR) is 75.0 cm³/mol. The van der Waals surface area contributed by atoms with Gasteiger partial charge in [-0.2, -0.15) is 0 Å². The number of fused-ring (bicyclic) bond motifs is 1. The zero-order valence-electron chi connectivity index (χ0n) is 11.9. The molecule has 4 nitrogen and oxygen atoms in total. The minimum absolute atomic E-state index is 0.315. The highest BCUT2D eigenvalue weighted by molar-refractivity contribution is 5.10. The van der Waals surface area contributed by atoms with Gasteiger partial charge in [0.15, 0.2) is 0 Å². The number of aromatic nitrogens is 2. The molecule has 1 N–H and O–H groups in total. The third-order valence-electron chi connectivity index (χ3n) is 4.85. The van der Waals surface area contributed by atoms with E-state index < -0.39 is 0 Å². The molecule has 0 bridgehead atoms. The molecule has 0 aliphatic carbocycles. The van der Waals surface area contributed by atoms with Crippen LogP contribution in [0.5, 0.6) is 0 Å². The Morgan fingerprint density at radius 1 is 1.21 bits per heavy atom. The van der Waals surface area contributed by atoms with E-state index in [-0.39, 0.29) is 0 Å². The van der Waals surface area contributed by atoms with Crippen LogP contribution in [0.1, 0.15) is 30.8 Å². The molecule has 0 saturated carbocycles. The lowest BCUT2D eigenvalue weighted by molar-refractivity contribution is 0.197. The Labute approximate surface area is 115 Å². The van der Waals surface area contributed by atoms with Gasteiger partial charge in [-0.15, -0.1) is 0 Å². The number of nitrogens with zero attached hydrogens (tertiary/aromatic N) is 3. The molecule has 0 aromatic carbocycles. The maximum Gasteiger partial charge on any atom is 0.109 e. The van der Waals surface area contributed by atoms with Gasteiger partial charge < -0.3 is 14.6 Å². The maximum atomic E-state index is 9.27. The van der Waals surface area contributed by atoms with Gasteiger partial charge in [0.2, 0.25) is 0 Å². The van der Waals surface area contributed by atoms with Gasteiger partial charge in [0, 0.05) is 31.5 Å². The van der Waals surface area contributed by atoms with Crippen LogP contribution >= 0.6 is 0 Å². The summed E-state index contributed by atoms with van der Waals surface area (Å²) in [7, 11) is 2.21. The van der Waals surface area contributed by atoms with Gasteiger partial charge in [-0.05, 0) is 57.7 Å². The Kier molecular flexibility index (Phi) is 3.89. The Hall–Kier alpha value is -0.870. The second-order valence-corrected chi connectivity index (χ2v) is 6.31. The van der Waals surface area contributed by atoms with Gasteiger partial charge in [0.25, 0.3) is 0 Å². The Balaban J connectivity index is 1.65. The molecule has 3 heterocycles. The van der Waals surface area contributed by atoms with E-state index in [0.717, 1.165) is 31.7 Å². The summed E-state index contributed by atoms with van der Waals surface area (Å²) >= 11 is 0. The molecule has 1 atom stereocenters. The Morgan fingerprint density at radius 3 is 2.68 bits per heavy atom. The second-order valence-electron chi connectivity index (χ2n) is 6.31. The number of piperidine rings is 1. The first-order chi connectivity index (χ1) is 9.26. The molecule has 0 radical (unpaired) electrons. The van der Waals surface area contributed by atoms with Gasteiger partial charge in [0.05, 0.1) is 0 Å². The molecule has 106 valence electrons. The van der Waals surface area contributed by atoms with Gasteiger partial charge in [0.1, 0.15) is 5.82 Å². The van der Waals surface area contributed by atoms with Crippen molar-refractivity contribution < 1.29 is 5.11 Å². The van der Waals surface area contributed by atoms with Crippen LogP contribution in [0.2, 0.25) is 0 Å². The first-order valence-electron chi connectivity index (χ1n) is 7.59. The predicted octanol–water partition coefficient (Wildman–Crippen LogP) is 1.32. The van der Waals surface area contributed by atoms with E-state index in [4.69, 9.17) is 0 Å². The van der Waals surface area contributed by atoms with Crippen LogP contribution in [-0.2, 0) is 19.4 Å². The van der Waals surface area contributed by atoms with Gasteiger partial charge in [-0.1, -0.05) is 0 Å².